The van der Waals surface area contributed by atoms with E-state index in [1.807, 2.05) is 0 Å². The van der Waals surface area contributed by atoms with Crippen LogP contribution in [0.25, 0.3) is 0 Å². The first kappa shape index (κ1) is 8.76. The summed E-state index contributed by atoms with van der Waals surface area (Å²) in [6.07, 6.45) is 13.6. The van der Waals surface area contributed by atoms with Gasteiger partial charge < -0.3 is 0 Å². The van der Waals surface area contributed by atoms with E-state index >= 15 is 0 Å². The van der Waals surface area contributed by atoms with Gasteiger partial charge in [-0.1, -0.05) is 68.3 Å². The average molecular weight is 290 g/mol. The Hall–Kier alpha value is 0.180. The molecule has 0 N–H and O–H groups in total. The minimum Gasteiger partial charge on any atom is -0.0835 e. The summed E-state index contributed by atoms with van der Waals surface area (Å²) in [4.78, 5) is 0.935. The minimum absolute atomic E-state index is 0.468. The van der Waals surface area contributed by atoms with E-state index in [4.69, 9.17) is 0 Å². The van der Waals surface area contributed by atoms with E-state index in [1.54, 1.807) is 0 Å². The summed E-state index contributed by atoms with van der Waals surface area (Å²) in [6.45, 7) is 0. The molecule has 0 spiro atoms. The zero-order valence-corrected chi connectivity index (χ0v) is 9.70. The summed E-state index contributed by atoms with van der Waals surface area (Å²) in [5.41, 5.74) is 0. The van der Waals surface area contributed by atoms with Crippen molar-refractivity contribution in [2.75, 3.05) is 0 Å². The van der Waals surface area contributed by atoms with Crippen LogP contribution in [0.3, 0.4) is 0 Å². The lowest BCUT2D eigenvalue weighted by Gasteiger charge is -2.14. The van der Waals surface area contributed by atoms with Gasteiger partial charge in [0, 0.05) is 21.5 Å². The Kier molecular flexibility index (Phi) is 2.56. The Morgan fingerprint density at radius 3 is 1.33 bits per heavy atom. The van der Waals surface area contributed by atoms with Crippen molar-refractivity contribution in [1.82, 2.24) is 0 Å². The first-order valence-electron chi connectivity index (χ1n) is 4.10. The summed E-state index contributed by atoms with van der Waals surface area (Å²) in [5.74, 6) is 1.04. The second-order valence-electron chi connectivity index (χ2n) is 3.20. The van der Waals surface area contributed by atoms with Gasteiger partial charge in [-0.25, -0.2) is 0 Å². The van der Waals surface area contributed by atoms with E-state index in [2.05, 4.69) is 68.3 Å². The molecular formula is C10H10Br2. The molecule has 2 bridgehead atoms. The van der Waals surface area contributed by atoms with Crippen LogP contribution in [0.15, 0.2) is 36.5 Å². The van der Waals surface area contributed by atoms with E-state index in [0.29, 0.717) is 21.5 Å². The molecule has 4 atom stereocenters. The van der Waals surface area contributed by atoms with Crippen LogP contribution in [0.4, 0.5) is 0 Å². The van der Waals surface area contributed by atoms with Gasteiger partial charge in [-0.05, 0) is 0 Å². The van der Waals surface area contributed by atoms with Crippen LogP contribution in [-0.4, -0.2) is 9.65 Å². The molecule has 0 radical (unpaired) electrons. The van der Waals surface area contributed by atoms with Crippen LogP contribution in [-0.2, 0) is 0 Å². The van der Waals surface area contributed by atoms with Crippen LogP contribution in [0.5, 0.6) is 0 Å². The van der Waals surface area contributed by atoms with Crippen LogP contribution < -0.4 is 0 Å². The van der Waals surface area contributed by atoms with Crippen molar-refractivity contribution in [3.8, 4) is 0 Å². The highest BCUT2D eigenvalue weighted by molar-refractivity contribution is 9.09. The van der Waals surface area contributed by atoms with Crippen molar-refractivity contribution in [2.24, 2.45) is 11.8 Å². The summed E-state index contributed by atoms with van der Waals surface area (Å²) >= 11 is 7.28. The third-order valence-corrected chi connectivity index (χ3v) is 4.16. The van der Waals surface area contributed by atoms with Crippen LogP contribution in [0.2, 0.25) is 0 Å². The van der Waals surface area contributed by atoms with Gasteiger partial charge in [0.15, 0.2) is 0 Å². The van der Waals surface area contributed by atoms with Crippen molar-refractivity contribution in [2.45, 2.75) is 9.65 Å². The van der Waals surface area contributed by atoms with E-state index in [0.717, 1.165) is 0 Å². The molecule has 0 heterocycles. The summed E-state index contributed by atoms with van der Waals surface area (Å²) in [7, 11) is 0. The van der Waals surface area contributed by atoms with E-state index in [1.165, 1.54) is 0 Å². The number of allylic oxidation sites excluding steroid dienone is 6. The molecule has 0 aromatic carbocycles. The quantitative estimate of drug-likeness (QED) is 0.473. The van der Waals surface area contributed by atoms with Gasteiger partial charge in [0.05, 0.1) is 0 Å². The topological polar surface area (TPSA) is 0 Å². The molecule has 0 fully saturated rings. The lowest BCUT2D eigenvalue weighted by atomic mass is 10.0. The lowest BCUT2D eigenvalue weighted by molar-refractivity contribution is 0.840. The smallest absolute Gasteiger partial charge is 0.0423 e. The maximum atomic E-state index is 3.64. The highest BCUT2D eigenvalue weighted by atomic mass is 79.9. The second-order valence-corrected chi connectivity index (χ2v) is 5.31. The Labute approximate surface area is 89.7 Å². The molecule has 0 nitrogen and oxygen atoms in total. The third-order valence-electron chi connectivity index (χ3n) is 2.33. The molecular weight excluding hydrogens is 280 g/mol. The summed E-state index contributed by atoms with van der Waals surface area (Å²) in [6, 6.07) is 0. The van der Waals surface area contributed by atoms with Crippen molar-refractivity contribution in [3.05, 3.63) is 36.5 Å². The number of hydrogen-bond donors (Lipinski definition) is 0. The minimum atomic E-state index is 0.468. The standard InChI is InChI=1S/C10H10Br2/c11-9-6-4-8-2-1-7(9)3-5-10(8)12/h1-10H/t7-,8+,9+,10-. The maximum Gasteiger partial charge on any atom is 0.0423 e. The van der Waals surface area contributed by atoms with Crippen LogP contribution in [0.1, 0.15) is 0 Å². The Balaban J connectivity index is 2.35. The fourth-order valence-electron chi connectivity index (χ4n) is 1.53. The predicted molar refractivity (Wildman–Crippen MR) is 59.8 cm³/mol. The summed E-state index contributed by atoms with van der Waals surface area (Å²) < 4.78 is 0. The number of hydrogen-bond acceptors (Lipinski definition) is 0. The first-order chi connectivity index (χ1) is 5.77. The number of rotatable bonds is 0. The van der Waals surface area contributed by atoms with Crippen LogP contribution in [0, 0.1) is 11.8 Å². The predicted octanol–water partition coefficient (Wildman–Crippen LogP) is 3.44. The van der Waals surface area contributed by atoms with Crippen molar-refractivity contribution >= 4 is 31.9 Å². The fraction of sp³-hybridized carbons (Fsp3) is 0.400. The van der Waals surface area contributed by atoms with Crippen LogP contribution >= 0.6 is 31.9 Å². The van der Waals surface area contributed by atoms with E-state index in [9.17, 15) is 0 Å². The van der Waals surface area contributed by atoms with Gasteiger partial charge >= 0.3 is 0 Å². The number of halogens is 2. The Morgan fingerprint density at radius 2 is 0.917 bits per heavy atom. The molecule has 2 aliphatic carbocycles. The highest BCUT2D eigenvalue weighted by Gasteiger charge is 2.21. The molecule has 2 rings (SSSR count). The normalized spacial score (nSPS) is 44.5. The van der Waals surface area contributed by atoms with E-state index < -0.39 is 0 Å². The number of alkyl halides is 2. The van der Waals surface area contributed by atoms with Crippen molar-refractivity contribution in [1.29, 1.82) is 0 Å². The van der Waals surface area contributed by atoms with Gasteiger partial charge in [-0.3, -0.25) is 0 Å². The first-order valence-corrected chi connectivity index (χ1v) is 5.93. The molecule has 0 unspecified atom stereocenters. The van der Waals surface area contributed by atoms with Gasteiger partial charge in [0.2, 0.25) is 0 Å². The molecule has 0 aromatic heterocycles. The summed E-state index contributed by atoms with van der Waals surface area (Å²) in [5, 5.41) is 0. The maximum absolute atomic E-state index is 3.64. The monoisotopic (exact) mass is 288 g/mol. The zero-order chi connectivity index (χ0) is 8.55. The molecule has 64 valence electrons. The zero-order valence-electron chi connectivity index (χ0n) is 6.53. The second kappa shape index (κ2) is 3.51. The average Bonchev–Trinajstić information content (AvgIpc) is 2.33. The Bertz CT molecular complexity index is 223. The molecule has 0 saturated carbocycles. The van der Waals surface area contributed by atoms with E-state index in [-0.39, 0.29) is 0 Å². The molecule has 0 amide bonds. The molecule has 2 heteroatoms. The number of fused-ring (bicyclic) bond motifs is 2. The molecule has 0 saturated heterocycles. The molecule has 0 aromatic rings. The van der Waals surface area contributed by atoms with Gasteiger partial charge in [-0.15, -0.1) is 0 Å². The van der Waals surface area contributed by atoms with Gasteiger partial charge in [0.1, 0.15) is 0 Å². The third kappa shape index (κ3) is 1.60. The lowest BCUT2D eigenvalue weighted by Crippen LogP contribution is -2.09. The Morgan fingerprint density at radius 1 is 0.583 bits per heavy atom. The van der Waals surface area contributed by atoms with Gasteiger partial charge in [-0.2, -0.15) is 0 Å². The van der Waals surface area contributed by atoms with Crippen molar-refractivity contribution in [3.63, 3.8) is 0 Å². The largest absolute Gasteiger partial charge is 0.0835 e. The molecule has 2 aliphatic rings. The fourth-order valence-corrected chi connectivity index (χ4v) is 2.59. The van der Waals surface area contributed by atoms with Crippen molar-refractivity contribution < 1.29 is 0 Å². The molecule has 0 aliphatic heterocycles. The molecule has 12 heavy (non-hydrogen) atoms. The highest BCUT2D eigenvalue weighted by Crippen LogP contribution is 2.30. The van der Waals surface area contributed by atoms with Gasteiger partial charge in [0.25, 0.3) is 0 Å². The SMILES string of the molecule is Br[C@@H]1C=C[C@H]2C=C[C@H]1C=C[C@@H]2Br.